The molecule has 1 heteroatoms. The van der Waals surface area contributed by atoms with Crippen LogP contribution in [0, 0.1) is 0 Å². The molecule has 0 spiro atoms. The molecule has 0 bridgehead atoms. The maximum absolute atomic E-state index is 4.66. The van der Waals surface area contributed by atoms with Crippen molar-refractivity contribution in [2.75, 3.05) is 0 Å². The maximum atomic E-state index is 4.66. The van der Waals surface area contributed by atoms with Gasteiger partial charge >= 0.3 is 0 Å². The van der Waals surface area contributed by atoms with Crippen molar-refractivity contribution in [3.63, 3.8) is 0 Å². The molecule has 1 aromatic carbocycles. The van der Waals surface area contributed by atoms with Crippen LogP contribution in [0.5, 0.6) is 0 Å². The summed E-state index contributed by atoms with van der Waals surface area (Å²) in [5, 5.41) is 1.25. The number of allylic oxidation sites excluding steroid dienone is 2. The fourth-order valence-corrected chi connectivity index (χ4v) is 1.96. The average Bonchev–Trinajstić information content (AvgIpc) is 2.26. The molecule has 2 aromatic rings. The lowest BCUT2D eigenvalue weighted by Gasteiger charge is -2.10. The average molecular weight is 181 g/mol. The van der Waals surface area contributed by atoms with Crippen LogP contribution in [-0.4, -0.2) is 4.98 Å². The van der Waals surface area contributed by atoms with Crippen molar-refractivity contribution in [1.82, 2.24) is 4.98 Å². The number of hydrogen-bond donors (Lipinski definition) is 0. The van der Waals surface area contributed by atoms with E-state index in [0.29, 0.717) is 0 Å². The van der Waals surface area contributed by atoms with Crippen LogP contribution in [-0.2, 0) is 12.8 Å². The molecule has 68 valence electrons. The number of nitrogens with zero attached hydrogens (tertiary/aromatic N) is 1. The fraction of sp³-hybridized carbons (Fsp3) is 0.154. The molecule has 1 aromatic heterocycles. The Labute approximate surface area is 83.1 Å². The molecule has 14 heavy (non-hydrogen) atoms. The van der Waals surface area contributed by atoms with Gasteiger partial charge in [-0.15, -0.1) is 0 Å². The van der Waals surface area contributed by atoms with E-state index in [-0.39, 0.29) is 0 Å². The third-order valence-electron chi connectivity index (χ3n) is 2.71. The van der Waals surface area contributed by atoms with Crippen LogP contribution in [0.4, 0.5) is 0 Å². The summed E-state index contributed by atoms with van der Waals surface area (Å²) in [4.78, 5) is 4.66. The van der Waals surface area contributed by atoms with Gasteiger partial charge in [-0.2, -0.15) is 0 Å². The van der Waals surface area contributed by atoms with Crippen molar-refractivity contribution in [1.29, 1.82) is 0 Å². The number of pyridine rings is 1. The molecule has 0 aliphatic heterocycles. The highest BCUT2D eigenvalue weighted by Crippen LogP contribution is 2.20. The van der Waals surface area contributed by atoms with E-state index in [9.17, 15) is 0 Å². The van der Waals surface area contributed by atoms with Crippen LogP contribution >= 0.6 is 0 Å². The number of fused-ring (bicyclic) bond motifs is 2. The zero-order valence-corrected chi connectivity index (χ0v) is 7.90. The molecule has 1 heterocycles. The quantitative estimate of drug-likeness (QED) is 0.569. The molecule has 0 atom stereocenters. The second-order valence-corrected chi connectivity index (χ2v) is 3.67. The molecule has 0 N–H and O–H groups in total. The number of benzene rings is 1. The summed E-state index contributed by atoms with van der Waals surface area (Å²) in [5.74, 6) is 0. The molecule has 1 aliphatic rings. The fourth-order valence-electron chi connectivity index (χ4n) is 1.96. The minimum Gasteiger partial charge on any atom is -0.252 e. The Hall–Kier alpha value is -1.63. The van der Waals surface area contributed by atoms with Crippen LogP contribution in [0.3, 0.4) is 0 Å². The van der Waals surface area contributed by atoms with Crippen LogP contribution in [0.25, 0.3) is 10.9 Å². The Morgan fingerprint density at radius 2 is 1.86 bits per heavy atom. The van der Waals surface area contributed by atoms with Crippen LogP contribution in [0.15, 0.2) is 42.5 Å². The first-order chi connectivity index (χ1) is 6.93. The van der Waals surface area contributed by atoms with Gasteiger partial charge in [-0.25, -0.2) is 0 Å². The third-order valence-corrected chi connectivity index (χ3v) is 2.71. The standard InChI is InChI=1S/C13H11N/c1-3-7-12-10(5-1)9-11-6-2-4-8-13(11)14-12/h1-5,7,9H,6,8H2. The molecule has 0 saturated carbocycles. The Kier molecular flexibility index (Phi) is 1.63. The van der Waals surface area contributed by atoms with E-state index in [2.05, 4.69) is 41.4 Å². The molecule has 0 saturated heterocycles. The summed E-state index contributed by atoms with van der Waals surface area (Å²) in [7, 11) is 0. The van der Waals surface area contributed by atoms with Crippen molar-refractivity contribution in [3.8, 4) is 0 Å². The van der Waals surface area contributed by atoms with Crippen molar-refractivity contribution in [2.45, 2.75) is 12.8 Å². The minimum absolute atomic E-state index is 0.986. The van der Waals surface area contributed by atoms with Crippen LogP contribution in [0.1, 0.15) is 11.3 Å². The van der Waals surface area contributed by atoms with Gasteiger partial charge in [0.1, 0.15) is 0 Å². The predicted molar refractivity (Wildman–Crippen MR) is 58.3 cm³/mol. The smallest absolute Gasteiger partial charge is 0.0705 e. The van der Waals surface area contributed by atoms with Gasteiger partial charge in [0.05, 0.1) is 5.52 Å². The third kappa shape index (κ3) is 1.13. The zero-order chi connectivity index (χ0) is 9.38. The lowest BCUT2D eigenvalue weighted by Crippen LogP contribution is -2.00. The number of hydrogen-bond acceptors (Lipinski definition) is 1. The highest BCUT2D eigenvalue weighted by atomic mass is 14.7. The van der Waals surface area contributed by atoms with Crippen molar-refractivity contribution >= 4 is 10.9 Å². The van der Waals surface area contributed by atoms with E-state index < -0.39 is 0 Å². The molecule has 3 rings (SSSR count). The van der Waals surface area contributed by atoms with Crippen LogP contribution in [0.2, 0.25) is 0 Å². The molecule has 0 amide bonds. The number of para-hydroxylation sites is 1. The lowest BCUT2D eigenvalue weighted by molar-refractivity contribution is 1.03. The van der Waals surface area contributed by atoms with Gasteiger partial charge in [-0.05, 0) is 24.1 Å². The predicted octanol–water partition coefficient (Wildman–Crippen LogP) is 2.89. The summed E-state index contributed by atoms with van der Waals surface area (Å²) in [6, 6.07) is 10.6. The molecule has 1 aliphatic carbocycles. The van der Waals surface area contributed by atoms with Gasteiger partial charge in [0.2, 0.25) is 0 Å². The Balaban J connectivity index is 2.30. The molecule has 1 nitrogen and oxygen atoms in total. The van der Waals surface area contributed by atoms with Gasteiger partial charge in [-0.3, -0.25) is 4.98 Å². The van der Waals surface area contributed by atoms with E-state index >= 15 is 0 Å². The lowest BCUT2D eigenvalue weighted by atomic mass is 10.0. The largest absolute Gasteiger partial charge is 0.252 e. The highest BCUT2D eigenvalue weighted by molar-refractivity contribution is 5.79. The van der Waals surface area contributed by atoms with Gasteiger partial charge in [0.25, 0.3) is 0 Å². The van der Waals surface area contributed by atoms with Gasteiger partial charge in [-0.1, -0.05) is 30.4 Å². The molecular formula is C13H11N. The first-order valence-corrected chi connectivity index (χ1v) is 4.96. The van der Waals surface area contributed by atoms with E-state index in [0.717, 1.165) is 18.4 Å². The topological polar surface area (TPSA) is 12.9 Å². The maximum Gasteiger partial charge on any atom is 0.0705 e. The molecule has 0 radical (unpaired) electrons. The second-order valence-electron chi connectivity index (χ2n) is 3.67. The Morgan fingerprint density at radius 1 is 1.00 bits per heavy atom. The zero-order valence-electron chi connectivity index (χ0n) is 7.90. The van der Waals surface area contributed by atoms with E-state index in [1.807, 2.05) is 6.07 Å². The Morgan fingerprint density at radius 3 is 2.86 bits per heavy atom. The molecular weight excluding hydrogens is 170 g/mol. The molecule has 0 fully saturated rings. The summed E-state index contributed by atoms with van der Waals surface area (Å²) < 4.78 is 0. The summed E-state index contributed by atoms with van der Waals surface area (Å²) in [6.45, 7) is 0. The van der Waals surface area contributed by atoms with Crippen molar-refractivity contribution < 1.29 is 0 Å². The van der Waals surface area contributed by atoms with Gasteiger partial charge < -0.3 is 0 Å². The number of rotatable bonds is 0. The van der Waals surface area contributed by atoms with E-state index in [4.69, 9.17) is 0 Å². The number of aromatic nitrogens is 1. The SMILES string of the molecule is C1=CCc2nc3ccccc3cc2C1. The molecule has 0 unspecified atom stereocenters. The van der Waals surface area contributed by atoms with Crippen molar-refractivity contribution in [3.05, 3.63) is 53.7 Å². The minimum atomic E-state index is 0.986. The monoisotopic (exact) mass is 181 g/mol. The van der Waals surface area contributed by atoms with E-state index in [1.165, 1.54) is 16.6 Å². The summed E-state index contributed by atoms with van der Waals surface area (Å²) in [6.07, 6.45) is 6.44. The van der Waals surface area contributed by atoms with E-state index in [1.54, 1.807) is 0 Å². The Bertz CT molecular complexity index is 465. The van der Waals surface area contributed by atoms with Crippen molar-refractivity contribution in [2.24, 2.45) is 0 Å². The van der Waals surface area contributed by atoms with Gasteiger partial charge in [0, 0.05) is 17.5 Å². The second kappa shape index (κ2) is 2.95. The first-order valence-electron chi connectivity index (χ1n) is 4.96. The normalized spacial score (nSPS) is 14.3. The highest BCUT2D eigenvalue weighted by Gasteiger charge is 2.07. The summed E-state index contributed by atoms with van der Waals surface area (Å²) >= 11 is 0. The van der Waals surface area contributed by atoms with Crippen LogP contribution < -0.4 is 0 Å². The summed E-state index contributed by atoms with van der Waals surface area (Å²) in [5.41, 5.74) is 3.74. The van der Waals surface area contributed by atoms with Gasteiger partial charge in [0.15, 0.2) is 0 Å². The first kappa shape index (κ1) is 7.74.